The minimum atomic E-state index is -2.92. The van der Waals surface area contributed by atoms with Crippen LogP contribution in [0.5, 0.6) is 0 Å². The largest absolute Gasteiger partial charge is 0.907 e. The van der Waals surface area contributed by atoms with E-state index >= 15 is 0 Å². The molecule has 0 saturated carbocycles. The van der Waals surface area contributed by atoms with Gasteiger partial charge in [-0.15, -0.1) is 0 Å². The summed E-state index contributed by atoms with van der Waals surface area (Å²) >= 11 is 0. The molecular weight excluding hydrogens is 670 g/mol. The van der Waals surface area contributed by atoms with Crippen LogP contribution in [0, 0.1) is 0 Å². The van der Waals surface area contributed by atoms with Gasteiger partial charge in [-0.3, -0.25) is 7.32 Å². The number of quaternary nitrogens is 3. The molecule has 0 aliphatic heterocycles. The van der Waals surface area contributed by atoms with Crippen molar-refractivity contribution in [3.63, 3.8) is 0 Å². The quantitative estimate of drug-likeness (QED) is 0.239. The summed E-state index contributed by atoms with van der Waals surface area (Å²) in [5.74, 6) is 0. The fourth-order valence-corrected chi connectivity index (χ4v) is 3.39. The Morgan fingerprint density at radius 1 is 0.396 bits per heavy atom. The fraction of sp³-hybridized carbons (Fsp3) is 0.538. The third kappa shape index (κ3) is 83.7. The molecule has 53 heavy (non-hydrogen) atoms. The molecule has 306 valence electrons. The maximum absolute atomic E-state index is 8.42. The zero-order chi connectivity index (χ0) is 42.8. The van der Waals surface area contributed by atoms with Gasteiger partial charge in [0, 0.05) is 16.7 Å². The Morgan fingerprint density at radius 3 is 0.604 bits per heavy atom. The van der Waals surface area contributed by atoms with E-state index in [-0.39, 0.29) is 0 Å². The van der Waals surface area contributed by atoms with Crippen molar-refractivity contribution in [2.45, 2.75) is 19.6 Å². The molecule has 0 fully saturated rings. The monoisotopic (exact) mass is 749 g/mol. The van der Waals surface area contributed by atoms with Gasteiger partial charge < -0.3 is 58.3 Å². The first-order valence-electron chi connectivity index (χ1n) is 17.3. The molecule has 0 amide bonds. The first kappa shape index (κ1) is 59.6. The van der Waals surface area contributed by atoms with Gasteiger partial charge in [0.1, 0.15) is 19.6 Å². The highest BCUT2D eigenvalue weighted by Gasteiger charge is 2.08. The number of hydrogen-bond acceptors (Lipinski definition) is 9. The number of hydrogen-bond donors (Lipinski definition) is 3. The van der Waals surface area contributed by atoms with Crippen LogP contribution in [0.15, 0.2) is 91.0 Å². The summed E-state index contributed by atoms with van der Waals surface area (Å²) in [5, 5.41) is 46.7. The van der Waals surface area contributed by atoms with Crippen molar-refractivity contribution in [2.24, 2.45) is 0 Å². The van der Waals surface area contributed by atoms with Gasteiger partial charge >= 0.3 is 7.32 Å². The molecule has 0 saturated heterocycles. The van der Waals surface area contributed by atoms with E-state index in [4.69, 9.17) is 30.1 Å². The second-order valence-electron chi connectivity index (χ2n) is 16.5. The van der Waals surface area contributed by atoms with Gasteiger partial charge in [-0.1, -0.05) is 91.0 Å². The maximum Gasteiger partial charge on any atom is 0.631 e. The Labute approximate surface area is 326 Å². The van der Waals surface area contributed by atoms with E-state index in [9.17, 15) is 0 Å². The summed E-state index contributed by atoms with van der Waals surface area (Å²) < 4.78 is 2.97. The van der Waals surface area contributed by atoms with E-state index < -0.39 is 14.6 Å². The average molecular weight is 749 g/mol. The minimum absolute atomic E-state index is 0.990. The molecule has 0 radical (unpaired) electrons. The van der Waals surface area contributed by atoms with Crippen molar-refractivity contribution >= 4 is 14.6 Å². The highest BCUT2D eigenvalue weighted by Crippen LogP contribution is 2.07. The van der Waals surface area contributed by atoms with Gasteiger partial charge in [0.2, 0.25) is 0 Å². The molecular formula is C39H78B2N6O6. The second-order valence-corrected chi connectivity index (χ2v) is 16.5. The molecule has 12 nitrogen and oxygen atoms in total. The summed E-state index contributed by atoms with van der Waals surface area (Å²) in [6.07, 6.45) is 0. The summed E-state index contributed by atoms with van der Waals surface area (Å²) in [6.45, 7) is 3.29. The number of benzene rings is 3. The van der Waals surface area contributed by atoms with Gasteiger partial charge in [-0.05, 0) is 63.4 Å². The van der Waals surface area contributed by atoms with Crippen LogP contribution in [-0.4, -0.2) is 185 Å². The Kier molecular flexibility index (Phi) is 39.4. The van der Waals surface area contributed by atoms with Crippen molar-refractivity contribution in [1.82, 2.24) is 14.7 Å². The molecule has 3 aromatic carbocycles. The van der Waals surface area contributed by atoms with Crippen LogP contribution in [0.1, 0.15) is 16.7 Å². The van der Waals surface area contributed by atoms with Crippen LogP contribution in [0.2, 0.25) is 0 Å². The van der Waals surface area contributed by atoms with Crippen LogP contribution < -0.4 is 15.1 Å². The van der Waals surface area contributed by atoms with Crippen LogP contribution in [-0.2, 0) is 19.6 Å². The van der Waals surface area contributed by atoms with E-state index in [1.165, 1.54) is 16.7 Å². The van der Waals surface area contributed by atoms with Gasteiger partial charge in [-0.2, -0.15) is 0 Å². The minimum Gasteiger partial charge on any atom is -0.907 e. The lowest BCUT2D eigenvalue weighted by atomic mass is 10.2. The van der Waals surface area contributed by atoms with Gasteiger partial charge in [0.25, 0.3) is 0 Å². The molecule has 0 spiro atoms. The topological polar surface area (TPSA) is 140 Å². The lowest BCUT2D eigenvalue weighted by molar-refractivity contribution is -0.884. The van der Waals surface area contributed by atoms with Crippen molar-refractivity contribution in [1.29, 1.82) is 0 Å². The van der Waals surface area contributed by atoms with Crippen LogP contribution >= 0.6 is 0 Å². The molecule has 0 aliphatic carbocycles. The zero-order valence-electron chi connectivity index (χ0n) is 36.7. The van der Waals surface area contributed by atoms with Crippen LogP contribution in [0.25, 0.3) is 0 Å². The maximum atomic E-state index is 8.42. The predicted octanol–water partition coefficient (Wildman–Crippen LogP) is 0.212. The molecule has 0 atom stereocenters. The third-order valence-corrected chi connectivity index (χ3v) is 4.50. The van der Waals surface area contributed by atoms with Crippen molar-refractivity contribution in [3.8, 4) is 0 Å². The van der Waals surface area contributed by atoms with E-state index in [0.717, 1.165) is 33.1 Å². The van der Waals surface area contributed by atoms with Gasteiger partial charge in [-0.25, -0.2) is 0 Å². The zero-order valence-corrected chi connectivity index (χ0v) is 36.7. The van der Waals surface area contributed by atoms with Crippen molar-refractivity contribution < 1.29 is 43.6 Å². The molecule has 0 heterocycles. The van der Waals surface area contributed by atoms with Crippen molar-refractivity contribution in [2.75, 3.05) is 127 Å². The first-order chi connectivity index (χ1) is 23.9. The lowest BCUT2D eigenvalue weighted by Crippen LogP contribution is -2.56. The van der Waals surface area contributed by atoms with E-state index in [1.807, 2.05) is 78.1 Å². The van der Waals surface area contributed by atoms with E-state index in [1.54, 1.807) is 0 Å². The summed E-state index contributed by atoms with van der Waals surface area (Å²) in [5.41, 5.74) is 4.21. The van der Waals surface area contributed by atoms with Crippen LogP contribution in [0.4, 0.5) is 0 Å². The first-order valence-corrected chi connectivity index (χ1v) is 17.3. The highest BCUT2D eigenvalue weighted by molar-refractivity contribution is 6.30. The smallest absolute Gasteiger partial charge is 0.631 e. The molecule has 0 bridgehead atoms. The Balaban J connectivity index is -0.000000175. The van der Waals surface area contributed by atoms with E-state index in [2.05, 4.69) is 154 Å². The summed E-state index contributed by atoms with van der Waals surface area (Å²) in [6, 6.07) is 31.7. The highest BCUT2D eigenvalue weighted by atomic mass is 16.5. The molecule has 0 aliphatic rings. The number of nitrogens with zero attached hydrogens (tertiary/aromatic N) is 6. The van der Waals surface area contributed by atoms with Gasteiger partial charge in [0.05, 0.1) is 63.4 Å². The Bertz CT molecular complexity index is 973. The summed E-state index contributed by atoms with van der Waals surface area (Å²) in [7, 11) is 32.7. The Hall–Kier alpha value is -2.69. The molecule has 3 aromatic rings. The van der Waals surface area contributed by atoms with Crippen molar-refractivity contribution in [3.05, 3.63) is 108 Å². The molecule has 3 N–H and O–H groups in total. The second kappa shape index (κ2) is 35.0. The summed E-state index contributed by atoms with van der Waals surface area (Å²) in [4.78, 5) is 6.00. The predicted molar refractivity (Wildman–Crippen MR) is 222 cm³/mol. The third-order valence-electron chi connectivity index (χ3n) is 4.50. The molecule has 0 unspecified atom stereocenters. The van der Waals surface area contributed by atoms with E-state index in [0.29, 0.717) is 0 Å². The fourth-order valence-electron chi connectivity index (χ4n) is 3.39. The average Bonchev–Trinajstić information content (AvgIpc) is 2.91. The molecule has 14 heteroatoms. The standard InChI is InChI=1S/3C10H16N.3C3H9N.BH3O3.BO3/c3*1-11(2,3)9-10-7-5-4-6-8-10;3*1-4(2)3;2*2-1(3)4/h3*4-8H,9H2,1-3H3;3*1-3H3;2-4H;/q3*+1;;;;;-3. The lowest BCUT2D eigenvalue weighted by Gasteiger charge is -2.35. The van der Waals surface area contributed by atoms with Crippen LogP contribution in [0.3, 0.4) is 0 Å². The normalized spacial score (nSPS) is 10.2. The Morgan fingerprint density at radius 2 is 0.509 bits per heavy atom. The molecule has 0 aromatic heterocycles. The molecule has 3 rings (SSSR count). The van der Waals surface area contributed by atoms with Gasteiger partial charge in [0.15, 0.2) is 0 Å². The number of rotatable bonds is 6. The SMILES string of the molecule is CN(C)C.CN(C)C.CN(C)C.C[N+](C)(C)Cc1ccccc1.C[N+](C)(C)Cc1ccccc1.C[N+](C)(C)Cc1ccccc1.OB(O)O.[O-]B([O-])[O-].